The van der Waals surface area contributed by atoms with Crippen LogP contribution < -0.4 is 10.2 Å². The van der Waals surface area contributed by atoms with Crippen molar-refractivity contribution in [2.75, 3.05) is 42.9 Å². The molecule has 28 heavy (non-hydrogen) atoms. The minimum Gasteiger partial charge on any atom is -0.369 e. The van der Waals surface area contributed by atoms with Crippen LogP contribution in [-0.4, -0.2) is 57.2 Å². The van der Waals surface area contributed by atoms with Crippen molar-refractivity contribution >= 4 is 17.3 Å². The highest BCUT2D eigenvalue weighted by Gasteiger charge is 2.26. The van der Waals surface area contributed by atoms with E-state index in [1.165, 1.54) is 50.1 Å². The zero-order valence-electron chi connectivity index (χ0n) is 16.4. The van der Waals surface area contributed by atoms with Crippen LogP contribution in [0.25, 0.3) is 5.78 Å². The number of aromatic nitrogens is 4. The van der Waals surface area contributed by atoms with Gasteiger partial charge >= 0.3 is 0 Å². The van der Waals surface area contributed by atoms with Crippen LogP contribution in [0.3, 0.4) is 0 Å². The van der Waals surface area contributed by atoms with Crippen LogP contribution in [0.1, 0.15) is 24.1 Å². The Morgan fingerprint density at radius 2 is 1.86 bits per heavy atom. The van der Waals surface area contributed by atoms with Crippen molar-refractivity contribution in [2.45, 2.75) is 26.3 Å². The molecule has 1 saturated carbocycles. The van der Waals surface area contributed by atoms with E-state index >= 15 is 0 Å². The molecule has 0 bridgehead atoms. The van der Waals surface area contributed by atoms with Crippen molar-refractivity contribution in [3.05, 3.63) is 47.9 Å². The molecule has 3 heterocycles. The van der Waals surface area contributed by atoms with E-state index in [-0.39, 0.29) is 0 Å². The minimum atomic E-state index is 0.624. The first-order valence-electron chi connectivity index (χ1n) is 10.2. The maximum atomic E-state index is 4.38. The molecule has 7 heteroatoms. The molecule has 1 saturated heterocycles. The third kappa shape index (κ3) is 3.80. The second-order valence-electron chi connectivity index (χ2n) is 8.01. The summed E-state index contributed by atoms with van der Waals surface area (Å²) in [6.07, 6.45) is 4.42. The Balaban J connectivity index is 1.19. The zero-order valence-corrected chi connectivity index (χ0v) is 16.4. The lowest BCUT2D eigenvalue weighted by Gasteiger charge is -2.36. The summed E-state index contributed by atoms with van der Waals surface area (Å²) >= 11 is 0. The predicted octanol–water partition coefficient (Wildman–Crippen LogP) is 2.58. The molecule has 2 fully saturated rings. The average Bonchev–Trinajstić information content (AvgIpc) is 3.40. The van der Waals surface area contributed by atoms with E-state index in [9.17, 15) is 0 Å². The maximum absolute atomic E-state index is 4.38. The Kier molecular flexibility index (Phi) is 4.60. The number of benzene rings is 1. The van der Waals surface area contributed by atoms with Crippen LogP contribution in [0, 0.1) is 12.8 Å². The topological polar surface area (TPSA) is 61.6 Å². The van der Waals surface area contributed by atoms with Gasteiger partial charge in [-0.05, 0) is 43.4 Å². The van der Waals surface area contributed by atoms with Gasteiger partial charge in [0.25, 0.3) is 5.78 Å². The van der Waals surface area contributed by atoms with Gasteiger partial charge in [-0.15, -0.1) is 0 Å². The van der Waals surface area contributed by atoms with Gasteiger partial charge in [-0.3, -0.25) is 4.90 Å². The standard InChI is InChI=1S/C21H27N7/c1-16-12-20(28-21(25-16)23-15-24-28)22-13-17-4-6-19(7-5-17)27-10-8-26(9-11-27)14-18-2-3-18/h4-7,12,15,18,22H,2-3,8-11,13-14H2,1H3. The molecular weight excluding hydrogens is 350 g/mol. The van der Waals surface area contributed by atoms with Crippen molar-refractivity contribution in [3.63, 3.8) is 0 Å². The van der Waals surface area contributed by atoms with Crippen molar-refractivity contribution in [1.82, 2.24) is 24.5 Å². The monoisotopic (exact) mass is 377 g/mol. The number of hydrogen-bond donors (Lipinski definition) is 1. The van der Waals surface area contributed by atoms with Gasteiger partial charge in [0, 0.05) is 56.7 Å². The largest absolute Gasteiger partial charge is 0.369 e. The van der Waals surface area contributed by atoms with Crippen molar-refractivity contribution in [3.8, 4) is 0 Å². The Morgan fingerprint density at radius 1 is 1.07 bits per heavy atom. The Labute approximate surface area is 165 Å². The summed E-state index contributed by atoms with van der Waals surface area (Å²) in [5.41, 5.74) is 3.51. The Morgan fingerprint density at radius 3 is 2.61 bits per heavy atom. The van der Waals surface area contributed by atoms with Crippen molar-refractivity contribution in [2.24, 2.45) is 5.92 Å². The summed E-state index contributed by atoms with van der Waals surface area (Å²) in [7, 11) is 0. The quantitative estimate of drug-likeness (QED) is 0.712. The summed E-state index contributed by atoms with van der Waals surface area (Å²) in [5, 5.41) is 7.70. The fourth-order valence-electron chi connectivity index (χ4n) is 3.93. The Hall–Kier alpha value is -2.67. The molecule has 0 atom stereocenters. The van der Waals surface area contributed by atoms with Crippen LogP contribution in [0.2, 0.25) is 0 Å². The normalized spacial score (nSPS) is 18.0. The molecule has 1 N–H and O–H groups in total. The van der Waals surface area contributed by atoms with E-state index < -0.39 is 0 Å². The fourth-order valence-corrected chi connectivity index (χ4v) is 3.93. The molecule has 0 radical (unpaired) electrons. The molecule has 7 nitrogen and oxygen atoms in total. The minimum absolute atomic E-state index is 0.624. The number of nitrogens with zero attached hydrogens (tertiary/aromatic N) is 6. The van der Waals surface area contributed by atoms with Crippen LogP contribution in [0.15, 0.2) is 36.7 Å². The highest BCUT2D eigenvalue weighted by Crippen LogP contribution is 2.30. The third-order valence-corrected chi connectivity index (χ3v) is 5.74. The first kappa shape index (κ1) is 17.4. The second-order valence-corrected chi connectivity index (χ2v) is 8.01. The van der Waals surface area contributed by atoms with E-state index in [2.05, 4.69) is 54.4 Å². The first-order valence-corrected chi connectivity index (χ1v) is 10.2. The molecule has 3 aromatic rings. The lowest BCUT2D eigenvalue weighted by Crippen LogP contribution is -2.47. The number of aryl methyl sites for hydroxylation is 1. The van der Waals surface area contributed by atoms with Crippen LogP contribution >= 0.6 is 0 Å². The average molecular weight is 377 g/mol. The van der Waals surface area contributed by atoms with Gasteiger partial charge in [0.15, 0.2) is 0 Å². The summed E-state index contributed by atoms with van der Waals surface area (Å²) in [6.45, 7) is 8.67. The number of anilines is 2. The van der Waals surface area contributed by atoms with E-state index in [0.717, 1.165) is 37.1 Å². The highest BCUT2D eigenvalue weighted by atomic mass is 15.3. The van der Waals surface area contributed by atoms with E-state index in [1.54, 1.807) is 4.52 Å². The molecule has 1 aliphatic heterocycles. The van der Waals surface area contributed by atoms with Crippen LogP contribution in [-0.2, 0) is 6.54 Å². The van der Waals surface area contributed by atoms with Crippen LogP contribution in [0.4, 0.5) is 11.5 Å². The van der Waals surface area contributed by atoms with Gasteiger partial charge in [0.1, 0.15) is 12.1 Å². The van der Waals surface area contributed by atoms with E-state index in [0.29, 0.717) is 5.78 Å². The molecule has 0 unspecified atom stereocenters. The molecule has 1 aliphatic carbocycles. The molecule has 0 amide bonds. The number of fused-ring (bicyclic) bond motifs is 1. The van der Waals surface area contributed by atoms with E-state index in [1.807, 2.05) is 13.0 Å². The molecule has 0 spiro atoms. The van der Waals surface area contributed by atoms with Gasteiger partial charge in [0.2, 0.25) is 0 Å². The second kappa shape index (κ2) is 7.39. The molecule has 2 aliphatic rings. The lowest BCUT2D eigenvalue weighted by molar-refractivity contribution is 0.248. The number of hydrogen-bond acceptors (Lipinski definition) is 6. The van der Waals surface area contributed by atoms with E-state index in [4.69, 9.17) is 0 Å². The zero-order chi connectivity index (χ0) is 18.9. The smallest absolute Gasteiger partial charge is 0.254 e. The number of nitrogens with one attached hydrogen (secondary N) is 1. The summed E-state index contributed by atoms with van der Waals surface area (Å²) < 4.78 is 1.74. The molecule has 5 rings (SSSR count). The van der Waals surface area contributed by atoms with Gasteiger partial charge < -0.3 is 10.2 Å². The van der Waals surface area contributed by atoms with Crippen LogP contribution in [0.5, 0.6) is 0 Å². The Bertz CT molecular complexity index is 937. The van der Waals surface area contributed by atoms with Gasteiger partial charge in [0.05, 0.1) is 0 Å². The fraction of sp³-hybridized carbons (Fsp3) is 0.476. The molecule has 1 aromatic carbocycles. The maximum Gasteiger partial charge on any atom is 0.254 e. The lowest BCUT2D eigenvalue weighted by atomic mass is 10.1. The number of piperazine rings is 1. The summed E-state index contributed by atoms with van der Waals surface area (Å²) in [5.74, 6) is 2.52. The van der Waals surface area contributed by atoms with Gasteiger partial charge in [-0.1, -0.05) is 12.1 Å². The molecule has 146 valence electrons. The first-order chi connectivity index (χ1) is 13.7. The summed E-state index contributed by atoms with van der Waals surface area (Å²) in [6, 6.07) is 10.9. The SMILES string of the molecule is Cc1cc(NCc2ccc(N3CCN(CC4CC4)CC3)cc2)n2ncnc2n1. The molecule has 2 aromatic heterocycles. The number of rotatable bonds is 6. The summed E-state index contributed by atoms with van der Waals surface area (Å²) in [4.78, 5) is 13.7. The van der Waals surface area contributed by atoms with Crippen molar-refractivity contribution < 1.29 is 0 Å². The molecular formula is C21H27N7. The van der Waals surface area contributed by atoms with Gasteiger partial charge in [-0.25, -0.2) is 4.98 Å². The third-order valence-electron chi connectivity index (χ3n) is 5.74. The predicted molar refractivity (Wildman–Crippen MR) is 111 cm³/mol. The highest BCUT2D eigenvalue weighted by molar-refractivity contribution is 5.49. The van der Waals surface area contributed by atoms with Crippen molar-refractivity contribution in [1.29, 1.82) is 0 Å². The van der Waals surface area contributed by atoms with Gasteiger partial charge in [-0.2, -0.15) is 14.6 Å².